The molecule has 1 aliphatic rings. The Hall–Kier alpha value is -3.73. The van der Waals surface area contributed by atoms with Crippen LogP contribution < -0.4 is 15.2 Å². The minimum absolute atomic E-state index is 0.00628. The molecule has 0 aliphatic carbocycles. The maximum atomic E-state index is 13.9. The highest BCUT2D eigenvalue weighted by Gasteiger charge is 2.22. The molecule has 3 heterocycles. The van der Waals surface area contributed by atoms with Crippen molar-refractivity contribution in [3.05, 3.63) is 76.2 Å². The van der Waals surface area contributed by atoms with E-state index in [1.807, 2.05) is 12.4 Å². The molecule has 7 nitrogen and oxygen atoms in total. The molecule has 0 atom stereocenters. The predicted octanol–water partition coefficient (Wildman–Crippen LogP) is 3.64. The van der Waals surface area contributed by atoms with Crippen LogP contribution in [-0.2, 0) is 6.42 Å². The summed E-state index contributed by atoms with van der Waals surface area (Å²) >= 11 is 0. The highest BCUT2D eigenvalue weighted by Crippen LogP contribution is 2.21. The summed E-state index contributed by atoms with van der Waals surface area (Å²) in [6.07, 6.45) is 8.97. The molecule has 2 aromatic heterocycles. The van der Waals surface area contributed by atoms with Crippen LogP contribution in [0.1, 0.15) is 37.3 Å². The average Bonchev–Trinajstić information content (AvgIpc) is 2.80. The van der Waals surface area contributed by atoms with Crippen molar-refractivity contribution in [3.63, 3.8) is 0 Å². The van der Waals surface area contributed by atoms with Gasteiger partial charge in [-0.1, -0.05) is 13.3 Å². The lowest BCUT2D eigenvalue weighted by Crippen LogP contribution is -2.39. The van der Waals surface area contributed by atoms with Gasteiger partial charge in [-0.15, -0.1) is 0 Å². The Balaban J connectivity index is 1.37. The third kappa shape index (κ3) is 4.78. The number of hydrogen-bond acceptors (Lipinski definition) is 6. The van der Waals surface area contributed by atoms with Gasteiger partial charge < -0.3 is 9.64 Å². The summed E-state index contributed by atoms with van der Waals surface area (Å²) in [7, 11) is 0. The van der Waals surface area contributed by atoms with Gasteiger partial charge in [0.25, 0.3) is 5.56 Å². The number of ether oxygens (including phenoxy) is 1. The number of piperidine rings is 1. The Morgan fingerprint density at radius 3 is 2.56 bits per heavy atom. The van der Waals surface area contributed by atoms with Crippen molar-refractivity contribution >= 4 is 5.95 Å². The number of pyridine rings is 1. The molecule has 0 radical (unpaired) electrons. The summed E-state index contributed by atoms with van der Waals surface area (Å²) < 4.78 is 21.2. The first kappa shape index (κ1) is 21.5. The third-order valence-electron chi connectivity index (χ3n) is 5.50. The molecule has 0 spiro atoms. The van der Waals surface area contributed by atoms with E-state index >= 15 is 0 Å². The number of nitrogens with zero attached hydrogens (tertiary/aromatic N) is 5. The molecule has 1 aliphatic heterocycles. The lowest BCUT2D eigenvalue weighted by atomic mass is 10.1. The Morgan fingerprint density at radius 2 is 1.94 bits per heavy atom. The Labute approximate surface area is 185 Å². The Morgan fingerprint density at radius 1 is 1.19 bits per heavy atom. The van der Waals surface area contributed by atoms with Gasteiger partial charge in [-0.05, 0) is 36.2 Å². The zero-order valence-corrected chi connectivity index (χ0v) is 17.9. The van der Waals surface area contributed by atoms with E-state index in [-0.39, 0.29) is 17.2 Å². The first-order chi connectivity index (χ1) is 15.6. The van der Waals surface area contributed by atoms with E-state index in [4.69, 9.17) is 10.00 Å². The second-order valence-electron chi connectivity index (χ2n) is 7.79. The van der Waals surface area contributed by atoms with Crippen LogP contribution in [0.15, 0.2) is 53.7 Å². The molecule has 0 bridgehead atoms. The second kappa shape index (κ2) is 9.60. The number of rotatable bonds is 6. The molecular formula is C24H24FN5O2. The van der Waals surface area contributed by atoms with Gasteiger partial charge in [0.05, 0.1) is 11.3 Å². The monoisotopic (exact) mass is 433 g/mol. The van der Waals surface area contributed by atoms with E-state index in [1.165, 1.54) is 28.8 Å². The molecule has 0 N–H and O–H groups in total. The van der Waals surface area contributed by atoms with Crippen LogP contribution in [0.5, 0.6) is 5.75 Å². The number of benzene rings is 1. The number of halogens is 1. The van der Waals surface area contributed by atoms with Gasteiger partial charge in [0.2, 0.25) is 5.95 Å². The summed E-state index contributed by atoms with van der Waals surface area (Å²) in [5, 5.41) is 8.85. The van der Waals surface area contributed by atoms with E-state index < -0.39 is 5.82 Å². The molecule has 1 aromatic carbocycles. The molecule has 0 saturated carbocycles. The van der Waals surface area contributed by atoms with Crippen molar-refractivity contribution in [2.24, 2.45) is 0 Å². The molecule has 3 aromatic rings. The van der Waals surface area contributed by atoms with Crippen LogP contribution in [0, 0.1) is 17.1 Å². The fourth-order valence-corrected chi connectivity index (χ4v) is 3.79. The standard InChI is InChI=1S/C24H24FN5O2/c1-2-3-17-15-27-24(28-16-17)29-9-6-20(7-10-29)32-21-8-11-30(23(31)13-21)19-5-4-18(14-26)22(25)12-19/h4-5,8,11-13,15-16,20H,2-3,6-7,9-10H2,1H3. The molecule has 1 saturated heterocycles. The number of aryl methyl sites for hydroxylation is 1. The average molecular weight is 433 g/mol. The van der Waals surface area contributed by atoms with Gasteiger partial charge >= 0.3 is 0 Å². The number of nitriles is 1. The van der Waals surface area contributed by atoms with Crippen molar-refractivity contribution in [2.75, 3.05) is 18.0 Å². The minimum Gasteiger partial charge on any atom is -0.490 e. The molecular weight excluding hydrogens is 409 g/mol. The fraction of sp³-hybridized carbons (Fsp3) is 0.333. The zero-order chi connectivity index (χ0) is 22.5. The summed E-state index contributed by atoms with van der Waals surface area (Å²) in [4.78, 5) is 23.6. The molecule has 1 fully saturated rings. The van der Waals surface area contributed by atoms with Crippen molar-refractivity contribution in [3.8, 4) is 17.5 Å². The van der Waals surface area contributed by atoms with Crippen LogP contribution in [0.25, 0.3) is 5.69 Å². The largest absolute Gasteiger partial charge is 0.490 e. The van der Waals surface area contributed by atoms with E-state index in [9.17, 15) is 9.18 Å². The maximum Gasteiger partial charge on any atom is 0.258 e. The third-order valence-corrected chi connectivity index (χ3v) is 5.50. The molecule has 4 rings (SSSR count). The second-order valence-corrected chi connectivity index (χ2v) is 7.79. The van der Waals surface area contributed by atoms with Crippen molar-refractivity contribution in [1.82, 2.24) is 14.5 Å². The van der Waals surface area contributed by atoms with E-state index in [1.54, 1.807) is 18.3 Å². The van der Waals surface area contributed by atoms with Crippen LogP contribution in [0.4, 0.5) is 10.3 Å². The van der Waals surface area contributed by atoms with Gasteiger partial charge in [-0.25, -0.2) is 14.4 Å². The minimum atomic E-state index is -0.659. The number of hydrogen-bond donors (Lipinski definition) is 0. The topological polar surface area (TPSA) is 84.0 Å². The van der Waals surface area contributed by atoms with Crippen LogP contribution in [0.2, 0.25) is 0 Å². The molecule has 164 valence electrons. The fourth-order valence-electron chi connectivity index (χ4n) is 3.79. The van der Waals surface area contributed by atoms with Crippen LogP contribution >= 0.6 is 0 Å². The molecule has 0 unspecified atom stereocenters. The van der Waals surface area contributed by atoms with Crippen molar-refractivity contribution < 1.29 is 9.13 Å². The Bertz CT molecular complexity index is 1180. The van der Waals surface area contributed by atoms with Gasteiger partial charge in [-0.3, -0.25) is 9.36 Å². The van der Waals surface area contributed by atoms with Crippen LogP contribution in [-0.4, -0.2) is 33.7 Å². The predicted molar refractivity (Wildman–Crippen MR) is 119 cm³/mol. The van der Waals surface area contributed by atoms with Gasteiger partial charge in [0.15, 0.2) is 0 Å². The SMILES string of the molecule is CCCc1cnc(N2CCC(Oc3ccn(-c4ccc(C#N)c(F)c4)c(=O)c3)CC2)nc1. The smallest absolute Gasteiger partial charge is 0.258 e. The first-order valence-electron chi connectivity index (χ1n) is 10.7. The summed E-state index contributed by atoms with van der Waals surface area (Å²) in [5.41, 5.74) is 1.12. The Kier molecular flexibility index (Phi) is 6.45. The molecule has 0 amide bonds. The molecule has 32 heavy (non-hydrogen) atoms. The summed E-state index contributed by atoms with van der Waals surface area (Å²) in [5.74, 6) is 0.563. The van der Waals surface area contributed by atoms with Crippen molar-refractivity contribution in [1.29, 1.82) is 5.26 Å². The number of anilines is 1. The zero-order valence-electron chi connectivity index (χ0n) is 17.9. The van der Waals surface area contributed by atoms with Gasteiger partial charge in [0.1, 0.15) is 23.7 Å². The lowest BCUT2D eigenvalue weighted by molar-refractivity contribution is 0.170. The van der Waals surface area contributed by atoms with E-state index in [2.05, 4.69) is 21.8 Å². The van der Waals surface area contributed by atoms with E-state index in [0.717, 1.165) is 50.3 Å². The maximum absolute atomic E-state index is 13.9. The number of aromatic nitrogens is 3. The summed E-state index contributed by atoms with van der Waals surface area (Å²) in [6, 6.07) is 8.93. The lowest BCUT2D eigenvalue weighted by Gasteiger charge is -2.32. The van der Waals surface area contributed by atoms with Gasteiger partial charge in [-0.2, -0.15) is 5.26 Å². The quantitative estimate of drug-likeness (QED) is 0.590. The normalized spacial score (nSPS) is 14.2. The van der Waals surface area contributed by atoms with Crippen molar-refractivity contribution in [2.45, 2.75) is 38.7 Å². The van der Waals surface area contributed by atoms with E-state index in [0.29, 0.717) is 11.4 Å². The molecule has 8 heteroatoms. The van der Waals surface area contributed by atoms with Crippen LogP contribution in [0.3, 0.4) is 0 Å². The highest BCUT2D eigenvalue weighted by molar-refractivity contribution is 5.41. The highest BCUT2D eigenvalue weighted by atomic mass is 19.1. The first-order valence-corrected chi connectivity index (χ1v) is 10.7. The summed E-state index contributed by atoms with van der Waals surface area (Å²) in [6.45, 7) is 3.69. The van der Waals surface area contributed by atoms with Gasteiger partial charge in [0, 0.05) is 50.6 Å².